The molecule has 0 aliphatic heterocycles. The van der Waals surface area contributed by atoms with Gasteiger partial charge < -0.3 is 16.2 Å². The van der Waals surface area contributed by atoms with Crippen LogP contribution in [0.5, 0.6) is 0 Å². The Labute approximate surface area is 140 Å². The van der Waals surface area contributed by atoms with Gasteiger partial charge in [0.25, 0.3) is 5.91 Å². The second kappa shape index (κ2) is 7.08. The Morgan fingerprint density at radius 3 is 2.39 bits per heavy atom. The van der Waals surface area contributed by atoms with Crippen molar-refractivity contribution in [2.75, 3.05) is 5.32 Å². The third-order valence-corrected chi connectivity index (χ3v) is 4.17. The lowest BCUT2D eigenvalue weighted by Gasteiger charge is -2.00. The van der Waals surface area contributed by atoms with Crippen molar-refractivity contribution in [2.24, 2.45) is 5.73 Å². The number of carbonyl (C=O) groups excluding carboxylic acids is 2. The number of thiophene rings is 1. The zero-order valence-corrected chi connectivity index (χ0v) is 13.1. The van der Waals surface area contributed by atoms with E-state index < -0.39 is 17.8 Å². The minimum atomic E-state index is -1.25. The van der Waals surface area contributed by atoms with Crippen LogP contribution in [-0.4, -0.2) is 22.9 Å². The Kier molecular flexibility index (Phi) is 5.15. The standard InChI is InChI=1S/C15H11ClN2O4S/c16-9-3-1-8(2-4-9)11-7-10(14(23-11)15(17)22)18-12(19)5-6-13(20)21/h1-7H,(H2,17,22)(H,18,19)(H,20,21)/b6-5-. The van der Waals surface area contributed by atoms with Crippen molar-refractivity contribution < 1.29 is 19.5 Å². The smallest absolute Gasteiger partial charge is 0.328 e. The number of hydrogen-bond acceptors (Lipinski definition) is 4. The molecule has 0 atom stereocenters. The second-order valence-corrected chi connectivity index (χ2v) is 5.87. The van der Waals surface area contributed by atoms with E-state index in [4.69, 9.17) is 22.4 Å². The highest BCUT2D eigenvalue weighted by molar-refractivity contribution is 7.18. The first-order valence-corrected chi connectivity index (χ1v) is 7.48. The van der Waals surface area contributed by atoms with E-state index in [2.05, 4.69) is 5.32 Å². The number of hydrogen-bond donors (Lipinski definition) is 3. The van der Waals surface area contributed by atoms with Crippen LogP contribution in [-0.2, 0) is 9.59 Å². The number of nitrogens with two attached hydrogens (primary N) is 1. The maximum Gasteiger partial charge on any atom is 0.328 e. The lowest BCUT2D eigenvalue weighted by Crippen LogP contribution is -2.14. The lowest BCUT2D eigenvalue weighted by molar-refractivity contribution is -0.131. The lowest BCUT2D eigenvalue weighted by atomic mass is 10.2. The first kappa shape index (κ1) is 16.7. The van der Waals surface area contributed by atoms with E-state index in [1.165, 1.54) is 0 Å². The number of halogens is 1. The Morgan fingerprint density at radius 2 is 1.83 bits per heavy atom. The quantitative estimate of drug-likeness (QED) is 0.720. The number of rotatable bonds is 5. The summed E-state index contributed by atoms with van der Waals surface area (Å²) < 4.78 is 0. The Balaban J connectivity index is 2.32. The molecule has 23 heavy (non-hydrogen) atoms. The number of benzene rings is 1. The van der Waals surface area contributed by atoms with Crippen LogP contribution in [0.4, 0.5) is 5.69 Å². The van der Waals surface area contributed by atoms with Gasteiger partial charge in [-0.1, -0.05) is 23.7 Å². The minimum Gasteiger partial charge on any atom is -0.478 e. The molecule has 0 bridgehead atoms. The number of aliphatic carboxylic acids is 1. The van der Waals surface area contributed by atoms with Crippen LogP contribution in [0.25, 0.3) is 10.4 Å². The minimum absolute atomic E-state index is 0.173. The third-order valence-electron chi connectivity index (χ3n) is 2.72. The summed E-state index contributed by atoms with van der Waals surface area (Å²) in [6, 6.07) is 8.55. The van der Waals surface area contributed by atoms with Crippen molar-refractivity contribution >= 4 is 46.4 Å². The molecular weight excluding hydrogens is 340 g/mol. The molecule has 0 aliphatic carbocycles. The number of carbonyl (C=O) groups is 3. The average molecular weight is 351 g/mol. The van der Waals surface area contributed by atoms with Crippen LogP contribution in [0, 0.1) is 0 Å². The summed E-state index contributed by atoms with van der Waals surface area (Å²) in [5, 5.41) is 11.5. The van der Waals surface area contributed by atoms with Gasteiger partial charge in [-0.25, -0.2) is 4.79 Å². The molecule has 1 aromatic heterocycles. The fourth-order valence-electron chi connectivity index (χ4n) is 1.74. The Bertz CT molecular complexity index is 796. The van der Waals surface area contributed by atoms with E-state index in [9.17, 15) is 14.4 Å². The van der Waals surface area contributed by atoms with Crippen LogP contribution < -0.4 is 11.1 Å². The van der Waals surface area contributed by atoms with Crippen LogP contribution in [0.15, 0.2) is 42.5 Å². The molecule has 8 heteroatoms. The SMILES string of the molecule is NC(=O)c1sc(-c2ccc(Cl)cc2)cc1NC(=O)/C=C\C(=O)O. The summed E-state index contributed by atoms with van der Waals surface area (Å²) >= 11 is 6.95. The molecule has 0 fully saturated rings. The largest absolute Gasteiger partial charge is 0.478 e. The predicted octanol–water partition coefficient (Wildman–Crippen LogP) is 2.75. The van der Waals surface area contributed by atoms with Gasteiger partial charge in [0.05, 0.1) is 5.69 Å². The Morgan fingerprint density at radius 1 is 1.17 bits per heavy atom. The van der Waals surface area contributed by atoms with Crippen LogP contribution in [0.1, 0.15) is 9.67 Å². The summed E-state index contributed by atoms with van der Waals surface area (Å²) in [6.45, 7) is 0. The summed E-state index contributed by atoms with van der Waals surface area (Å²) in [5.74, 6) is -2.61. The highest BCUT2D eigenvalue weighted by Crippen LogP contribution is 2.35. The van der Waals surface area contributed by atoms with Gasteiger partial charge in [0.15, 0.2) is 0 Å². The van der Waals surface area contributed by atoms with Crippen LogP contribution in [0.3, 0.4) is 0 Å². The number of carboxylic acids is 1. The van der Waals surface area contributed by atoms with Gasteiger partial charge in [0, 0.05) is 22.1 Å². The van der Waals surface area contributed by atoms with E-state index in [1.54, 1.807) is 30.3 Å². The third kappa shape index (κ3) is 4.41. The van der Waals surface area contributed by atoms with Gasteiger partial charge in [-0.3, -0.25) is 9.59 Å². The molecule has 118 valence electrons. The number of carboxylic acid groups (broad SMARTS) is 1. The normalized spacial score (nSPS) is 10.7. The van der Waals surface area contributed by atoms with E-state index in [0.29, 0.717) is 16.0 Å². The van der Waals surface area contributed by atoms with Crippen molar-refractivity contribution in [2.45, 2.75) is 0 Å². The highest BCUT2D eigenvalue weighted by atomic mass is 35.5. The maximum absolute atomic E-state index is 11.7. The van der Waals surface area contributed by atoms with Crippen molar-refractivity contribution in [3.63, 3.8) is 0 Å². The van der Waals surface area contributed by atoms with E-state index >= 15 is 0 Å². The van der Waals surface area contributed by atoms with Crippen LogP contribution >= 0.6 is 22.9 Å². The molecule has 0 saturated carbocycles. The molecule has 1 aromatic carbocycles. The summed E-state index contributed by atoms with van der Waals surface area (Å²) in [5.41, 5.74) is 6.35. The molecule has 4 N–H and O–H groups in total. The van der Waals surface area contributed by atoms with E-state index in [0.717, 1.165) is 23.0 Å². The molecule has 0 unspecified atom stereocenters. The van der Waals surface area contributed by atoms with E-state index in [1.807, 2.05) is 0 Å². The van der Waals surface area contributed by atoms with Gasteiger partial charge in [0.2, 0.25) is 5.91 Å². The first-order valence-electron chi connectivity index (χ1n) is 6.28. The molecule has 1 heterocycles. The van der Waals surface area contributed by atoms with Crippen LogP contribution in [0.2, 0.25) is 5.02 Å². The molecule has 2 amide bonds. The predicted molar refractivity (Wildman–Crippen MR) is 88.7 cm³/mol. The van der Waals surface area contributed by atoms with E-state index in [-0.39, 0.29) is 10.6 Å². The van der Waals surface area contributed by atoms with Crippen molar-refractivity contribution in [3.05, 3.63) is 52.4 Å². The summed E-state index contributed by atoms with van der Waals surface area (Å²) in [4.78, 5) is 34.5. The molecule has 0 radical (unpaired) electrons. The fraction of sp³-hybridized carbons (Fsp3) is 0. The number of primary amides is 1. The molecule has 2 rings (SSSR count). The highest BCUT2D eigenvalue weighted by Gasteiger charge is 2.16. The molecule has 0 spiro atoms. The Hall–Kier alpha value is -2.64. The van der Waals surface area contributed by atoms with Crippen molar-refractivity contribution in [3.8, 4) is 10.4 Å². The zero-order chi connectivity index (χ0) is 17.0. The maximum atomic E-state index is 11.7. The summed E-state index contributed by atoms with van der Waals surface area (Å²) in [7, 11) is 0. The monoisotopic (exact) mass is 350 g/mol. The number of nitrogens with one attached hydrogen (secondary N) is 1. The topological polar surface area (TPSA) is 109 Å². The zero-order valence-electron chi connectivity index (χ0n) is 11.6. The molecular formula is C15H11ClN2O4S. The average Bonchev–Trinajstić information content (AvgIpc) is 2.90. The van der Waals surface area contributed by atoms with Gasteiger partial charge in [-0.05, 0) is 23.8 Å². The number of amides is 2. The van der Waals surface area contributed by atoms with Gasteiger partial charge in [0.1, 0.15) is 4.88 Å². The number of anilines is 1. The van der Waals surface area contributed by atoms with Gasteiger partial charge >= 0.3 is 5.97 Å². The molecule has 6 nitrogen and oxygen atoms in total. The second-order valence-electron chi connectivity index (χ2n) is 4.39. The van der Waals surface area contributed by atoms with Gasteiger partial charge in [-0.15, -0.1) is 11.3 Å². The summed E-state index contributed by atoms with van der Waals surface area (Å²) in [6.07, 6.45) is 1.55. The van der Waals surface area contributed by atoms with Gasteiger partial charge in [-0.2, -0.15) is 0 Å². The van der Waals surface area contributed by atoms with Crippen molar-refractivity contribution in [1.29, 1.82) is 0 Å². The fourth-order valence-corrected chi connectivity index (χ4v) is 2.84. The first-order chi connectivity index (χ1) is 10.9. The van der Waals surface area contributed by atoms with Crippen molar-refractivity contribution in [1.82, 2.24) is 0 Å². The molecule has 0 saturated heterocycles. The molecule has 0 aliphatic rings. The molecule has 2 aromatic rings.